The van der Waals surface area contributed by atoms with Crippen molar-refractivity contribution in [2.75, 3.05) is 4.90 Å². The zero-order valence-corrected chi connectivity index (χ0v) is 33.7. The predicted molar refractivity (Wildman–Crippen MR) is 259 cm³/mol. The number of benzene rings is 10. The zero-order valence-electron chi connectivity index (χ0n) is 32.9. The number of fused-ring (bicyclic) bond motifs is 4. The zero-order chi connectivity index (χ0) is 39.8. The maximum absolute atomic E-state index is 2.41. The second-order valence-corrected chi connectivity index (χ2v) is 16.5. The molecule has 282 valence electrons. The standard InChI is InChI=1S/C58H39NS/c1-3-12-40(13-4-1)50-36-51(41-14-5-2-6-15-41)38-54(37-50)59(53-32-33-56-55-20-9-10-21-57(55)60-58(56)39-53)52-30-28-44(29-31-52)43-22-24-45(25-23-43)47-18-11-19-48(34-47)49-27-26-42-16-7-8-17-46(42)35-49/h1-39H. The van der Waals surface area contributed by atoms with Crippen LogP contribution in [0.3, 0.4) is 0 Å². The van der Waals surface area contributed by atoms with Crippen molar-refractivity contribution in [2.45, 2.75) is 0 Å². The van der Waals surface area contributed by atoms with Crippen molar-refractivity contribution in [3.63, 3.8) is 0 Å². The van der Waals surface area contributed by atoms with Crippen LogP contribution in [-0.2, 0) is 0 Å². The van der Waals surface area contributed by atoms with Crippen molar-refractivity contribution in [1.82, 2.24) is 0 Å². The second kappa shape index (κ2) is 15.3. The summed E-state index contributed by atoms with van der Waals surface area (Å²) >= 11 is 1.86. The summed E-state index contributed by atoms with van der Waals surface area (Å²) in [6.07, 6.45) is 0. The van der Waals surface area contributed by atoms with Gasteiger partial charge in [0.2, 0.25) is 0 Å². The third-order valence-electron chi connectivity index (χ3n) is 11.6. The molecule has 0 amide bonds. The van der Waals surface area contributed by atoms with Crippen molar-refractivity contribution < 1.29 is 0 Å². The first kappa shape index (κ1) is 35.6. The summed E-state index contributed by atoms with van der Waals surface area (Å²) in [4.78, 5) is 2.41. The van der Waals surface area contributed by atoms with E-state index in [9.17, 15) is 0 Å². The highest BCUT2D eigenvalue weighted by Gasteiger charge is 2.18. The van der Waals surface area contributed by atoms with Crippen LogP contribution in [0.15, 0.2) is 237 Å². The van der Waals surface area contributed by atoms with Gasteiger partial charge in [0.15, 0.2) is 0 Å². The minimum atomic E-state index is 1.10. The summed E-state index contributed by atoms with van der Waals surface area (Å²) in [7, 11) is 0. The summed E-state index contributed by atoms with van der Waals surface area (Å²) in [5, 5.41) is 5.12. The lowest BCUT2D eigenvalue weighted by Gasteiger charge is -2.27. The molecule has 0 saturated heterocycles. The second-order valence-electron chi connectivity index (χ2n) is 15.4. The Balaban J connectivity index is 0.969. The van der Waals surface area contributed by atoms with Crippen molar-refractivity contribution in [1.29, 1.82) is 0 Å². The first-order valence-corrected chi connectivity index (χ1v) is 21.3. The Morgan fingerprint density at radius 2 is 0.700 bits per heavy atom. The van der Waals surface area contributed by atoms with Crippen molar-refractivity contribution in [3.8, 4) is 55.6 Å². The van der Waals surface area contributed by atoms with E-state index in [1.54, 1.807) is 0 Å². The Labute approximate surface area is 354 Å². The van der Waals surface area contributed by atoms with E-state index in [1.807, 2.05) is 11.3 Å². The van der Waals surface area contributed by atoms with Gasteiger partial charge in [0.25, 0.3) is 0 Å². The summed E-state index contributed by atoms with van der Waals surface area (Å²) in [5.74, 6) is 0. The maximum atomic E-state index is 2.41. The summed E-state index contributed by atoms with van der Waals surface area (Å²) in [6, 6.07) is 86.2. The fourth-order valence-corrected chi connectivity index (χ4v) is 9.68. The molecule has 1 nitrogen and oxygen atoms in total. The van der Waals surface area contributed by atoms with Crippen LogP contribution in [0, 0.1) is 0 Å². The fraction of sp³-hybridized carbons (Fsp3) is 0. The third-order valence-corrected chi connectivity index (χ3v) is 12.8. The number of thiophene rings is 1. The molecule has 0 radical (unpaired) electrons. The molecule has 1 aromatic heterocycles. The minimum Gasteiger partial charge on any atom is -0.310 e. The Hall–Kier alpha value is -7.52. The highest BCUT2D eigenvalue weighted by Crippen LogP contribution is 2.43. The topological polar surface area (TPSA) is 3.24 Å². The van der Waals surface area contributed by atoms with Crippen molar-refractivity contribution >= 4 is 59.3 Å². The third kappa shape index (κ3) is 6.83. The molecule has 60 heavy (non-hydrogen) atoms. The molecular weight excluding hydrogens is 743 g/mol. The van der Waals surface area contributed by atoms with Crippen LogP contribution in [0.1, 0.15) is 0 Å². The normalized spacial score (nSPS) is 11.3. The van der Waals surface area contributed by atoms with Crippen LogP contribution in [0.5, 0.6) is 0 Å². The van der Waals surface area contributed by atoms with Gasteiger partial charge in [-0.1, -0.05) is 176 Å². The molecule has 0 N–H and O–H groups in total. The highest BCUT2D eigenvalue weighted by atomic mass is 32.1. The van der Waals surface area contributed by atoms with E-state index in [-0.39, 0.29) is 0 Å². The molecule has 11 rings (SSSR count). The van der Waals surface area contributed by atoms with Gasteiger partial charge in [0.05, 0.1) is 0 Å². The highest BCUT2D eigenvalue weighted by molar-refractivity contribution is 7.25. The Morgan fingerprint density at radius 1 is 0.233 bits per heavy atom. The minimum absolute atomic E-state index is 1.10. The number of anilines is 3. The van der Waals surface area contributed by atoms with Crippen LogP contribution in [0.2, 0.25) is 0 Å². The molecule has 2 heteroatoms. The Bertz CT molecular complexity index is 3230. The summed E-state index contributed by atoms with van der Waals surface area (Å²) in [6.45, 7) is 0. The quantitative estimate of drug-likeness (QED) is 0.148. The van der Waals surface area contributed by atoms with Gasteiger partial charge >= 0.3 is 0 Å². The van der Waals surface area contributed by atoms with E-state index in [4.69, 9.17) is 0 Å². The molecule has 1 heterocycles. The smallest absolute Gasteiger partial charge is 0.0476 e. The maximum Gasteiger partial charge on any atom is 0.0476 e. The van der Waals surface area contributed by atoms with E-state index in [0.29, 0.717) is 0 Å². The number of hydrogen-bond donors (Lipinski definition) is 0. The lowest BCUT2D eigenvalue weighted by Crippen LogP contribution is -2.10. The van der Waals surface area contributed by atoms with E-state index in [1.165, 1.54) is 86.6 Å². The average Bonchev–Trinajstić information content (AvgIpc) is 3.70. The molecule has 11 aromatic rings. The van der Waals surface area contributed by atoms with Gasteiger partial charge in [-0.2, -0.15) is 0 Å². The van der Waals surface area contributed by atoms with Gasteiger partial charge in [0, 0.05) is 37.2 Å². The van der Waals surface area contributed by atoms with E-state index >= 15 is 0 Å². The average molecular weight is 782 g/mol. The van der Waals surface area contributed by atoms with Crippen molar-refractivity contribution in [3.05, 3.63) is 237 Å². The Kier molecular flexibility index (Phi) is 9.11. The summed E-state index contributed by atoms with van der Waals surface area (Å²) in [5.41, 5.74) is 15.3. The molecular formula is C58H39NS. The molecule has 10 aromatic carbocycles. The van der Waals surface area contributed by atoms with Crippen LogP contribution in [-0.4, -0.2) is 0 Å². The van der Waals surface area contributed by atoms with Crippen LogP contribution in [0.4, 0.5) is 17.1 Å². The number of nitrogens with zero attached hydrogens (tertiary/aromatic N) is 1. The Morgan fingerprint density at radius 3 is 1.40 bits per heavy atom. The van der Waals surface area contributed by atoms with Gasteiger partial charge in [0.1, 0.15) is 0 Å². The molecule has 0 aliphatic rings. The van der Waals surface area contributed by atoms with Crippen LogP contribution in [0.25, 0.3) is 86.6 Å². The number of hydrogen-bond acceptors (Lipinski definition) is 2. The van der Waals surface area contributed by atoms with E-state index < -0.39 is 0 Å². The van der Waals surface area contributed by atoms with Gasteiger partial charge < -0.3 is 4.90 Å². The molecule has 0 unspecified atom stereocenters. The molecule has 0 aliphatic carbocycles. The first-order chi connectivity index (χ1) is 29.7. The van der Waals surface area contributed by atoms with Gasteiger partial charge in [-0.3, -0.25) is 0 Å². The molecule has 0 saturated carbocycles. The lowest BCUT2D eigenvalue weighted by atomic mass is 9.96. The van der Waals surface area contributed by atoms with Crippen LogP contribution < -0.4 is 4.90 Å². The van der Waals surface area contributed by atoms with Gasteiger partial charge in [-0.25, -0.2) is 0 Å². The lowest BCUT2D eigenvalue weighted by molar-refractivity contribution is 1.29. The summed E-state index contributed by atoms with van der Waals surface area (Å²) < 4.78 is 2.59. The molecule has 0 fully saturated rings. The van der Waals surface area contributed by atoms with E-state index in [0.717, 1.165) is 17.1 Å². The molecule has 0 aliphatic heterocycles. The molecule has 0 atom stereocenters. The monoisotopic (exact) mass is 781 g/mol. The first-order valence-electron chi connectivity index (χ1n) is 20.5. The van der Waals surface area contributed by atoms with Gasteiger partial charge in [-0.05, 0) is 127 Å². The van der Waals surface area contributed by atoms with E-state index in [2.05, 4.69) is 241 Å². The SMILES string of the molecule is c1ccc(-c2cc(-c3ccccc3)cc(N(c3ccc(-c4ccc(-c5cccc(-c6ccc7ccccc7c6)c5)cc4)cc3)c3ccc4c(c3)sc3ccccc34)c2)cc1. The molecule has 0 bridgehead atoms. The fourth-order valence-electron chi connectivity index (χ4n) is 8.54. The van der Waals surface area contributed by atoms with Gasteiger partial charge in [-0.15, -0.1) is 11.3 Å². The van der Waals surface area contributed by atoms with Crippen molar-refractivity contribution in [2.24, 2.45) is 0 Å². The largest absolute Gasteiger partial charge is 0.310 e. The molecule has 0 spiro atoms. The predicted octanol–water partition coefficient (Wildman–Crippen LogP) is 17.0. The van der Waals surface area contributed by atoms with Crippen LogP contribution >= 0.6 is 11.3 Å². The number of rotatable bonds is 8.